The summed E-state index contributed by atoms with van der Waals surface area (Å²) in [5.41, 5.74) is 0.782. The largest absolute Gasteiger partial charge is 0.482 e. The first-order valence-corrected chi connectivity index (χ1v) is 14.5. The normalized spacial score (nSPS) is 12.3. The van der Waals surface area contributed by atoms with Crippen LogP contribution in [0.1, 0.15) is 10.4 Å². The fourth-order valence-electron chi connectivity index (χ4n) is 3.62. The number of ether oxygens (including phenoxy) is 1. The quantitative estimate of drug-likeness (QED) is 0.225. The van der Waals surface area contributed by atoms with Gasteiger partial charge in [0.1, 0.15) is 5.75 Å². The van der Waals surface area contributed by atoms with Gasteiger partial charge in [0.05, 0.1) is 38.8 Å². The molecule has 3 aromatic rings. The number of rotatable bonds is 10. The minimum Gasteiger partial charge on any atom is -0.482 e. The van der Waals surface area contributed by atoms with E-state index in [1.54, 1.807) is 18.2 Å². The minimum atomic E-state index is -4.66. The molecule has 0 amide bonds. The Morgan fingerprint density at radius 3 is 2.35 bits per heavy atom. The number of nitrogens with one attached hydrogen (secondary N) is 2. The van der Waals surface area contributed by atoms with Crippen molar-refractivity contribution < 1.29 is 39.5 Å². The lowest BCUT2D eigenvalue weighted by molar-refractivity contribution is -0.153. The van der Waals surface area contributed by atoms with Crippen molar-refractivity contribution in [3.8, 4) is 17.6 Å². The van der Waals surface area contributed by atoms with Crippen LogP contribution in [0.3, 0.4) is 0 Å². The summed E-state index contributed by atoms with van der Waals surface area (Å²) in [7, 11) is 0.0910. The summed E-state index contributed by atoms with van der Waals surface area (Å²) in [6, 6.07) is 8.48. The van der Waals surface area contributed by atoms with E-state index in [0.29, 0.717) is 22.3 Å². The van der Waals surface area contributed by atoms with Gasteiger partial charge in [0, 0.05) is 25.4 Å². The zero-order chi connectivity index (χ0) is 29.7. The molecule has 0 unspecified atom stereocenters. The minimum absolute atomic E-state index is 0.0444. The SMILES string of the molecule is CN(C)CCNc1cccc2c(CC(F)(F)F)c(C#CCNc3ccc(S(C)(=O)=O)cc3OCC(F)(F)F)sc12. The van der Waals surface area contributed by atoms with Gasteiger partial charge >= 0.3 is 12.4 Å². The number of likely N-dealkylation sites (N-methyl/N-ethyl adjacent to an activating group) is 1. The van der Waals surface area contributed by atoms with Gasteiger partial charge in [-0.2, -0.15) is 26.3 Å². The number of fused-ring (bicyclic) bond motifs is 1. The van der Waals surface area contributed by atoms with E-state index in [2.05, 4.69) is 22.5 Å². The molecule has 3 rings (SSSR count). The Labute approximate surface area is 232 Å². The zero-order valence-electron chi connectivity index (χ0n) is 21.8. The highest BCUT2D eigenvalue weighted by atomic mass is 32.2. The lowest BCUT2D eigenvalue weighted by atomic mass is 10.1. The Hall–Kier alpha value is -3.15. The van der Waals surface area contributed by atoms with Gasteiger partial charge in [-0.3, -0.25) is 0 Å². The Bertz CT molecular complexity index is 1500. The number of thiophene rings is 1. The topological polar surface area (TPSA) is 70.7 Å². The van der Waals surface area contributed by atoms with Gasteiger partial charge < -0.3 is 20.3 Å². The van der Waals surface area contributed by atoms with Crippen LogP contribution in [0.25, 0.3) is 10.1 Å². The molecule has 0 aliphatic heterocycles. The molecule has 0 spiro atoms. The Morgan fingerprint density at radius 2 is 1.73 bits per heavy atom. The van der Waals surface area contributed by atoms with E-state index in [9.17, 15) is 34.8 Å². The molecular weight excluding hydrogens is 580 g/mol. The molecule has 0 aliphatic rings. The summed E-state index contributed by atoms with van der Waals surface area (Å²) in [5.74, 6) is 5.13. The van der Waals surface area contributed by atoms with Crippen LogP contribution in [0.4, 0.5) is 37.7 Å². The number of anilines is 2. The third-order valence-corrected chi connectivity index (χ3v) is 7.72. The van der Waals surface area contributed by atoms with E-state index in [0.717, 1.165) is 30.2 Å². The van der Waals surface area contributed by atoms with Gasteiger partial charge in [0.25, 0.3) is 0 Å². The number of hydrogen-bond acceptors (Lipinski definition) is 7. The van der Waals surface area contributed by atoms with Gasteiger partial charge in [-0.1, -0.05) is 24.0 Å². The highest BCUT2D eigenvalue weighted by Crippen LogP contribution is 2.39. The van der Waals surface area contributed by atoms with E-state index in [-0.39, 0.29) is 33.3 Å². The number of alkyl halides is 6. The first-order chi connectivity index (χ1) is 18.5. The molecule has 0 atom stereocenters. The van der Waals surface area contributed by atoms with Crippen LogP contribution in [0.2, 0.25) is 0 Å². The van der Waals surface area contributed by atoms with Crippen molar-refractivity contribution in [2.45, 2.75) is 23.7 Å². The molecule has 14 heteroatoms. The van der Waals surface area contributed by atoms with Crippen molar-refractivity contribution in [1.82, 2.24) is 4.90 Å². The molecule has 0 radical (unpaired) electrons. The van der Waals surface area contributed by atoms with E-state index in [1.165, 1.54) is 12.1 Å². The summed E-state index contributed by atoms with van der Waals surface area (Å²) < 4.78 is 107. The number of halogens is 6. The second kappa shape index (κ2) is 12.6. The molecule has 0 bridgehead atoms. The fraction of sp³-hybridized carbons (Fsp3) is 0.385. The molecule has 6 nitrogen and oxygen atoms in total. The molecule has 0 saturated heterocycles. The monoisotopic (exact) mass is 607 g/mol. The zero-order valence-corrected chi connectivity index (χ0v) is 23.4. The first kappa shape index (κ1) is 31.4. The summed E-state index contributed by atoms with van der Waals surface area (Å²) in [5, 5.41) is 6.44. The Morgan fingerprint density at radius 1 is 1.00 bits per heavy atom. The van der Waals surface area contributed by atoms with Crippen LogP contribution in [-0.2, 0) is 16.3 Å². The molecule has 1 heterocycles. The maximum atomic E-state index is 13.4. The molecule has 0 saturated carbocycles. The summed E-state index contributed by atoms with van der Waals surface area (Å²) in [6.07, 6.45) is -9.40. The maximum Gasteiger partial charge on any atom is 0.422 e. The standard InChI is InChI=1S/C26H27F6N3O3S2/c1-35(2)13-12-34-21-7-4-6-18-19(15-25(27,28)29)23(39-24(18)21)8-5-11-33-20-10-9-17(40(3,36)37)14-22(20)38-16-26(30,31)32/h4,6-7,9-10,14,33-34H,11-13,15-16H2,1-3H3. The first-order valence-electron chi connectivity index (χ1n) is 11.8. The van der Waals surface area contributed by atoms with Crippen LogP contribution in [-0.4, -0.2) is 72.3 Å². The average molecular weight is 608 g/mol. The van der Waals surface area contributed by atoms with E-state index >= 15 is 0 Å². The second-order valence-corrected chi connectivity index (χ2v) is 12.1. The van der Waals surface area contributed by atoms with E-state index in [4.69, 9.17) is 4.74 Å². The van der Waals surface area contributed by atoms with E-state index in [1.807, 2.05) is 19.0 Å². The Kier molecular flexibility index (Phi) is 9.86. The molecule has 0 fully saturated rings. The Balaban J connectivity index is 1.89. The summed E-state index contributed by atoms with van der Waals surface area (Å²) >= 11 is 1.12. The highest BCUT2D eigenvalue weighted by molar-refractivity contribution is 7.90. The van der Waals surface area contributed by atoms with Gasteiger partial charge in [-0.05, 0) is 43.2 Å². The summed E-state index contributed by atoms with van der Waals surface area (Å²) in [4.78, 5) is 1.95. The number of nitrogens with zero attached hydrogens (tertiary/aromatic N) is 1. The number of sulfone groups is 1. The predicted molar refractivity (Wildman–Crippen MR) is 145 cm³/mol. The van der Waals surface area contributed by atoms with Crippen molar-refractivity contribution in [2.24, 2.45) is 0 Å². The number of hydrogen-bond donors (Lipinski definition) is 2. The third-order valence-electron chi connectivity index (χ3n) is 5.41. The molecule has 1 aromatic heterocycles. The van der Waals surface area contributed by atoms with Crippen molar-refractivity contribution in [3.63, 3.8) is 0 Å². The lowest BCUT2D eigenvalue weighted by Crippen LogP contribution is -2.20. The third kappa shape index (κ3) is 9.21. The molecule has 218 valence electrons. The van der Waals surface area contributed by atoms with Gasteiger partial charge in [0.15, 0.2) is 16.4 Å². The highest BCUT2D eigenvalue weighted by Gasteiger charge is 2.31. The van der Waals surface area contributed by atoms with Crippen molar-refractivity contribution in [2.75, 3.05) is 57.2 Å². The van der Waals surface area contributed by atoms with Gasteiger partial charge in [0.2, 0.25) is 0 Å². The maximum absolute atomic E-state index is 13.4. The van der Waals surface area contributed by atoms with Crippen LogP contribution in [0.5, 0.6) is 5.75 Å². The molecule has 40 heavy (non-hydrogen) atoms. The number of benzene rings is 2. The van der Waals surface area contributed by atoms with Crippen LogP contribution < -0.4 is 15.4 Å². The second-order valence-electron chi connectivity index (χ2n) is 9.10. The smallest absolute Gasteiger partial charge is 0.422 e. The fourth-order valence-corrected chi connectivity index (χ4v) is 5.44. The van der Waals surface area contributed by atoms with Crippen molar-refractivity contribution in [1.29, 1.82) is 0 Å². The van der Waals surface area contributed by atoms with Crippen molar-refractivity contribution in [3.05, 3.63) is 46.8 Å². The van der Waals surface area contributed by atoms with E-state index < -0.39 is 35.2 Å². The lowest BCUT2D eigenvalue weighted by Gasteiger charge is -2.14. The summed E-state index contributed by atoms with van der Waals surface area (Å²) in [6.45, 7) is -0.502. The molecule has 2 N–H and O–H groups in total. The molecule has 0 aliphatic carbocycles. The predicted octanol–water partition coefficient (Wildman–Crippen LogP) is 5.79. The van der Waals surface area contributed by atoms with Crippen molar-refractivity contribution >= 4 is 42.6 Å². The molecular formula is C26H27F6N3O3S2. The van der Waals surface area contributed by atoms with Gasteiger partial charge in [-0.25, -0.2) is 8.42 Å². The van der Waals surface area contributed by atoms with Crippen LogP contribution in [0.15, 0.2) is 41.3 Å². The average Bonchev–Trinajstić information content (AvgIpc) is 3.16. The molecule has 2 aromatic carbocycles. The van der Waals surface area contributed by atoms with Crippen LogP contribution in [0, 0.1) is 11.8 Å². The van der Waals surface area contributed by atoms with Crippen LogP contribution >= 0.6 is 11.3 Å². The van der Waals surface area contributed by atoms with Gasteiger partial charge in [-0.15, -0.1) is 11.3 Å².